The van der Waals surface area contributed by atoms with Crippen molar-refractivity contribution in [3.05, 3.63) is 59.2 Å². The zero-order chi connectivity index (χ0) is 16.4. The van der Waals surface area contributed by atoms with Gasteiger partial charge in [0.2, 0.25) is 0 Å². The Morgan fingerprint density at radius 2 is 1.74 bits per heavy atom. The molecule has 6 heteroatoms. The van der Waals surface area contributed by atoms with Crippen molar-refractivity contribution in [3.8, 4) is 0 Å². The molecule has 2 aromatic rings. The summed E-state index contributed by atoms with van der Waals surface area (Å²) < 4.78 is 27.0. The summed E-state index contributed by atoms with van der Waals surface area (Å²) in [6.07, 6.45) is 6.08. The largest absolute Gasteiger partial charge is 0.324 e. The Morgan fingerprint density at radius 3 is 2.22 bits per heavy atom. The molecule has 4 nitrogen and oxygen atoms in total. The molecular formula is C17H17F2N3O. The van der Waals surface area contributed by atoms with Gasteiger partial charge in [-0.3, -0.25) is 4.79 Å². The maximum absolute atomic E-state index is 13.5. The topological polar surface area (TPSA) is 68.9 Å². The first kappa shape index (κ1) is 15.7. The first-order valence-corrected chi connectivity index (χ1v) is 7.53. The molecule has 1 aromatic carbocycles. The number of ketones is 1. The third-order valence-corrected chi connectivity index (χ3v) is 4.49. The number of Topliss-reactive ketones (excluding diaryl/α,β-unsaturated/α-hetero) is 1. The molecule has 1 aromatic heterocycles. The van der Waals surface area contributed by atoms with Crippen LogP contribution in [0.4, 0.5) is 8.78 Å². The fourth-order valence-corrected chi connectivity index (χ4v) is 3.04. The van der Waals surface area contributed by atoms with E-state index in [1.165, 1.54) is 24.5 Å². The van der Waals surface area contributed by atoms with Gasteiger partial charge in [-0.2, -0.15) is 0 Å². The standard InChI is InChI=1S/C17H17F2N3O/c18-13-4-12(5-14(19)6-13)17(2-1-3-17)7-16-21-9-11(10-22-16)15(23)8-20/h4-6,9-10H,1-3,7-8,20H2. The monoisotopic (exact) mass is 317 g/mol. The van der Waals surface area contributed by atoms with Gasteiger partial charge in [-0.25, -0.2) is 18.7 Å². The van der Waals surface area contributed by atoms with Gasteiger partial charge in [-0.15, -0.1) is 0 Å². The second-order valence-electron chi connectivity index (χ2n) is 5.98. The van der Waals surface area contributed by atoms with Crippen LogP contribution < -0.4 is 5.73 Å². The van der Waals surface area contributed by atoms with Crippen molar-refractivity contribution < 1.29 is 13.6 Å². The zero-order valence-corrected chi connectivity index (χ0v) is 12.6. The van der Waals surface area contributed by atoms with Gasteiger partial charge in [0.15, 0.2) is 5.78 Å². The van der Waals surface area contributed by atoms with E-state index in [1.807, 2.05) is 0 Å². The van der Waals surface area contributed by atoms with E-state index >= 15 is 0 Å². The highest BCUT2D eigenvalue weighted by molar-refractivity contribution is 5.96. The number of nitrogens with two attached hydrogens (primary N) is 1. The quantitative estimate of drug-likeness (QED) is 0.861. The number of nitrogens with zero attached hydrogens (tertiary/aromatic N) is 2. The van der Waals surface area contributed by atoms with Crippen molar-refractivity contribution in [2.24, 2.45) is 5.73 Å². The molecule has 0 aliphatic heterocycles. The number of carbonyl (C=O) groups excluding carboxylic acids is 1. The Labute approximate surface area is 132 Å². The summed E-state index contributed by atoms with van der Waals surface area (Å²) in [5, 5.41) is 0. The van der Waals surface area contributed by atoms with Crippen LogP contribution >= 0.6 is 0 Å². The van der Waals surface area contributed by atoms with Gasteiger partial charge in [-0.1, -0.05) is 6.42 Å². The summed E-state index contributed by atoms with van der Waals surface area (Å²) >= 11 is 0. The molecule has 1 fully saturated rings. The van der Waals surface area contributed by atoms with Crippen LogP contribution in [0, 0.1) is 11.6 Å². The molecule has 1 aliphatic carbocycles. The third kappa shape index (κ3) is 3.12. The summed E-state index contributed by atoms with van der Waals surface area (Å²) in [5.41, 5.74) is 5.99. The molecule has 0 radical (unpaired) electrons. The second kappa shape index (κ2) is 6.12. The van der Waals surface area contributed by atoms with Crippen molar-refractivity contribution in [3.63, 3.8) is 0 Å². The molecule has 1 saturated carbocycles. The van der Waals surface area contributed by atoms with Crippen LogP contribution in [0.2, 0.25) is 0 Å². The lowest BCUT2D eigenvalue weighted by Gasteiger charge is -2.42. The highest BCUT2D eigenvalue weighted by atomic mass is 19.1. The highest BCUT2D eigenvalue weighted by Crippen LogP contribution is 2.46. The molecule has 0 amide bonds. The predicted octanol–water partition coefficient (Wildman–Crippen LogP) is 2.56. The Kier molecular flexibility index (Phi) is 4.17. The molecule has 1 aliphatic rings. The molecule has 0 atom stereocenters. The molecule has 23 heavy (non-hydrogen) atoms. The first-order valence-electron chi connectivity index (χ1n) is 7.53. The molecule has 0 unspecified atom stereocenters. The Morgan fingerprint density at radius 1 is 1.13 bits per heavy atom. The second-order valence-corrected chi connectivity index (χ2v) is 5.98. The molecule has 1 heterocycles. The van der Waals surface area contributed by atoms with Crippen molar-refractivity contribution in [1.82, 2.24) is 9.97 Å². The van der Waals surface area contributed by atoms with Crippen molar-refractivity contribution in [2.75, 3.05) is 6.54 Å². The predicted molar refractivity (Wildman–Crippen MR) is 81.0 cm³/mol. The van der Waals surface area contributed by atoms with Crippen LogP contribution in [0.5, 0.6) is 0 Å². The fourth-order valence-electron chi connectivity index (χ4n) is 3.04. The van der Waals surface area contributed by atoms with E-state index in [4.69, 9.17) is 5.73 Å². The minimum atomic E-state index is -0.573. The average Bonchev–Trinajstić information content (AvgIpc) is 2.49. The number of carbonyl (C=O) groups is 1. The zero-order valence-electron chi connectivity index (χ0n) is 12.6. The summed E-state index contributed by atoms with van der Waals surface area (Å²) in [6.45, 7) is -0.0881. The summed E-state index contributed by atoms with van der Waals surface area (Å²) in [7, 11) is 0. The van der Waals surface area contributed by atoms with E-state index in [2.05, 4.69) is 9.97 Å². The van der Waals surface area contributed by atoms with E-state index in [1.54, 1.807) is 0 Å². The lowest BCUT2D eigenvalue weighted by atomic mass is 9.62. The first-order chi connectivity index (χ1) is 11.0. The number of hydrogen-bond donors (Lipinski definition) is 1. The van der Waals surface area contributed by atoms with Gasteiger partial charge in [0.25, 0.3) is 0 Å². The van der Waals surface area contributed by atoms with E-state index in [0.29, 0.717) is 23.4 Å². The Hall–Kier alpha value is -2.21. The number of rotatable bonds is 5. The summed E-state index contributed by atoms with van der Waals surface area (Å²) in [6, 6.07) is 3.64. The summed E-state index contributed by atoms with van der Waals surface area (Å²) in [5.74, 6) is -0.808. The maximum atomic E-state index is 13.5. The smallest absolute Gasteiger partial charge is 0.179 e. The average molecular weight is 317 g/mol. The van der Waals surface area contributed by atoms with Gasteiger partial charge in [0, 0.05) is 30.3 Å². The summed E-state index contributed by atoms with van der Waals surface area (Å²) in [4.78, 5) is 19.9. The van der Waals surface area contributed by atoms with Gasteiger partial charge in [0.1, 0.15) is 17.5 Å². The van der Waals surface area contributed by atoms with Crippen molar-refractivity contribution >= 4 is 5.78 Å². The molecule has 0 spiro atoms. The number of aromatic nitrogens is 2. The molecule has 3 rings (SSSR count). The minimum absolute atomic E-state index is 0.0881. The van der Waals surface area contributed by atoms with Crippen LogP contribution in [0.25, 0.3) is 0 Å². The van der Waals surface area contributed by atoms with Crippen molar-refractivity contribution in [2.45, 2.75) is 31.1 Å². The lowest BCUT2D eigenvalue weighted by Crippen LogP contribution is -2.37. The molecular weight excluding hydrogens is 300 g/mol. The molecule has 120 valence electrons. The molecule has 0 saturated heterocycles. The molecule has 0 bridgehead atoms. The van der Waals surface area contributed by atoms with Gasteiger partial charge < -0.3 is 5.73 Å². The highest BCUT2D eigenvalue weighted by Gasteiger charge is 2.40. The normalized spacial score (nSPS) is 16.0. The number of hydrogen-bond acceptors (Lipinski definition) is 4. The van der Waals surface area contributed by atoms with Gasteiger partial charge in [0.05, 0.1) is 12.1 Å². The van der Waals surface area contributed by atoms with Crippen LogP contribution in [0.3, 0.4) is 0 Å². The van der Waals surface area contributed by atoms with E-state index in [9.17, 15) is 13.6 Å². The Bertz CT molecular complexity index is 707. The minimum Gasteiger partial charge on any atom is -0.324 e. The third-order valence-electron chi connectivity index (χ3n) is 4.49. The van der Waals surface area contributed by atoms with E-state index < -0.39 is 11.6 Å². The van der Waals surface area contributed by atoms with Crippen molar-refractivity contribution in [1.29, 1.82) is 0 Å². The Balaban J connectivity index is 1.85. The van der Waals surface area contributed by atoms with Crippen LogP contribution in [0.1, 0.15) is 41.0 Å². The van der Waals surface area contributed by atoms with E-state index in [0.717, 1.165) is 25.3 Å². The SMILES string of the molecule is NCC(=O)c1cnc(CC2(c3cc(F)cc(F)c3)CCC2)nc1. The van der Waals surface area contributed by atoms with E-state index in [-0.39, 0.29) is 17.7 Å². The maximum Gasteiger partial charge on any atom is 0.179 e. The van der Waals surface area contributed by atoms with Crippen LogP contribution in [-0.4, -0.2) is 22.3 Å². The number of benzene rings is 1. The molecule has 2 N–H and O–H groups in total. The van der Waals surface area contributed by atoms with Gasteiger partial charge >= 0.3 is 0 Å². The number of halogens is 2. The van der Waals surface area contributed by atoms with Gasteiger partial charge in [-0.05, 0) is 30.5 Å². The fraction of sp³-hybridized carbons (Fsp3) is 0.353. The lowest BCUT2D eigenvalue weighted by molar-refractivity contribution is 0.100. The van der Waals surface area contributed by atoms with Crippen LogP contribution in [0.15, 0.2) is 30.6 Å². The van der Waals surface area contributed by atoms with Crippen LogP contribution in [-0.2, 0) is 11.8 Å².